The Labute approximate surface area is 151 Å². The number of carboxylic acids is 1. The number of carbonyl (C=O) groups excluding carboxylic acids is 2. The van der Waals surface area contributed by atoms with E-state index >= 15 is 0 Å². The van der Waals surface area contributed by atoms with Gasteiger partial charge in [-0.05, 0) is 29.8 Å². The number of anilines is 1. The van der Waals surface area contributed by atoms with Crippen LogP contribution >= 0.6 is 0 Å². The number of benzene rings is 2. The van der Waals surface area contributed by atoms with E-state index in [4.69, 9.17) is 0 Å². The molecule has 2 N–H and O–H groups in total. The van der Waals surface area contributed by atoms with Crippen LogP contribution in [0.2, 0.25) is 0 Å². The summed E-state index contributed by atoms with van der Waals surface area (Å²) in [4.78, 5) is 37.1. The maximum Gasteiger partial charge on any atom is 0.308 e. The minimum Gasteiger partial charge on any atom is -0.481 e. The average Bonchev–Trinajstić information content (AvgIpc) is 3.08. The number of rotatable bonds is 4. The van der Waals surface area contributed by atoms with Crippen LogP contribution in [0.25, 0.3) is 0 Å². The van der Waals surface area contributed by atoms with Gasteiger partial charge in [0.05, 0.1) is 5.92 Å². The monoisotopic (exact) mass is 352 g/mol. The standard InChI is InChI=1S/C20H20N2O4/c1-13(23)21-16-9-7-15(8-10-16)19(24)22-11-17(18(12-22)20(25)26)14-5-3-2-4-6-14/h2-10,17-18H,11-12H2,1H3,(H,21,23)(H,25,26). The van der Waals surface area contributed by atoms with Crippen LogP contribution in [-0.4, -0.2) is 40.9 Å². The summed E-state index contributed by atoms with van der Waals surface area (Å²) in [6, 6.07) is 16.0. The van der Waals surface area contributed by atoms with Crippen molar-refractivity contribution in [3.8, 4) is 0 Å². The number of nitrogens with one attached hydrogen (secondary N) is 1. The molecule has 1 aliphatic rings. The second-order valence-corrected chi connectivity index (χ2v) is 6.43. The topological polar surface area (TPSA) is 86.7 Å². The minimum atomic E-state index is -0.893. The molecule has 6 heteroatoms. The van der Waals surface area contributed by atoms with E-state index in [-0.39, 0.29) is 24.3 Å². The Kier molecular flexibility index (Phi) is 5.02. The molecule has 3 rings (SSSR count). The summed E-state index contributed by atoms with van der Waals surface area (Å²) < 4.78 is 0. The van der Waals surface area contributed by atoms with Crippen LogP contribution in [0.3, 0.4) is 0 Å². The van der Waals surface area contributed by atoms with Crippen molar-refractivity contribution in [3.05, 3.63) is 65.7 Å². The van der Waals surface area contributed by atoms with E-state index < -0.39 is 11.9 Å². The van der Waals surface area contributed by atoms with E-state index in [9.17, 15) is 19.5 Å². The van der Waals surface area contributed by atoms with Gasteiger partial charge in [0, 0.05) is 37.2 Å². The van der Waals surface area contributed by atoms with E-state index in [0.717, 1.165) is 5.56 Å². The predicted molar refractivity (Wildman–Crippen MR) is 97.0 cm³/mol. The van der Waals surface area contributed by atoms with Crippen molar-refractivity contribution in [2.45, 2.75) is 12.8 Å². The predicted octanol–water partition coefficient (Wildman–Crippen LogP) is 2.59. The van der Waals surface area contributed by atoms with Crippen molar-refractivity contribution in [1.82, 2.24) is 4.90 Å². The fourth-order valence-corrected chi connectivity index (χ4v) is 3.34. The zero-order valence-electron chi connectivity index (χ0n) is 14.4. The lowest BCUT2D eigenvalue weighted by atomic mass is 9.89. The molecule has 0 aliphatic carbocycles. The number of nitrogens with zero attached hydrogens (tertiary/aromatic N) is 1. The molecule has 2 atom stereocenters. The van der Waals surface area contributed by atoms with Gasteiger partial charge in [-0.25, -0.2) is 0 Å². The molecule has 134 valence electrons. The highest BCUT2D eigenvalue weighted by Crippen LogP contribution is 2.33. The van der Waals surface area contributed by atoms with Gasteiger partial charge in [0.15, 0.2) is 0 Å². The molecule has 26 heavy (non-hydrogen) atoms. The number of likely N-dealkylation sites (tertiary alicyclic amines) is 1. The second-order valence-electron chi connectivity index (χ2n) is 6.43. The number of amides is 2. The van der Waals surface area contributed by atoms with Gasteiger partial charge in [-0.1, -0.05) is 30.3 Å². The zero-order valence-corrected chi connectivity index (χ0v) is 14.4. The van der Waals surface area contributed by atoms with E-state index in [1.165, 1.54) is 6.92 Å². The minimum absolute atomic E-state index is 0.182. The van der Waals surface area contributed by atoms with E-state index in [2.05, 4.69) is 5.32 Å². The Bertz CT molecular complexity index is 817. The third-order valence-corrected chi connectivity index (χ3v) is 4.60. The molecule has 0 aromatic heterocycles. The average molecular weight is 352 g/mol. The van der Waals surface area contributed by atoms with E-state index in [0.29, 0.717) is 17.8 Å². The molecule has 0 bridgehead atoms. The maximum atomic E-state index is 12.8. The second kappa shape index (κ2) is 7.39. The molecule has 1 heterocycles. The van der Waals surface area contributed by atoms with Gasteiger partial charge in [-0.15, -0.1) is 0 Å². The molecule has 0 spiro atoms. The molecule has 6 nitrogen and oxygen atoms in total. The van der Waals surface area contributed by atoms with Crippen LogP contribution in [0, 0.1) is 5.92 Å². The number of hydrogen-bond donors (Lipinski definition) is 2. The summed E-state index contributed by atoms with van der Waals surface area (Å²) in [6.45, 7) is 1.97. The van der Waals surface area contributed by atoms with Gasteiger partial charge in [-0.3, -0.25) is 14.4 Å². The van der Waals surface area contributed by atoms with E-state index in [1.54, 1.807) is 29.2 Å². The third kappa shape index (κ3) is 3.74. The molecule has 2 aromatic rings. The smallest absolute Gasteiger partial charge is 0.308 e. The SMILES string of the molecule is CC(=O)Nc1ccc(C(=O)N2CC(C(=O)O)C(c3ccccc3)C2)cc1. The summed E-state index contributed by atoms with van der Waals surface area (Å²) in [5, 5.41) is 12.2. The highest BCUT2D eigenvalue weighted by molar-refractivity contribution is 5.96. The molecule has 0 saturated carbocycles. The van der Waals surface area contributed by atoms with Crippen molar-refractivity contribution in [1.29, 1.82) is 0 Å². The summed E-state index contributed by atoms with van der Waals surface area (Å²) in [7, 11) is 0. The lowest BCUT2D eigenvalue weighted by molar-refractivity contribution is -0.141. The van der Waals surface area contributed by atoms with Crippen LogP contribution in [-0.2, 0) is 9.59 Å². The fraction of sp³-hybridized carbons (Fsp3) is 0.250. The lowest BCUT2D eigenvalue weighted by Crippen LogP contribution is -2.29. The molecule has 2 amide bonds. The molecule has 2 unspecified atom stereocenters. The number of carbonyl (C=O) groups is 3. The Morgan fingerprint density at radius 1 is 1.00 bits per heavy atom. The first-order chi connectivity index (χ1) is 12.5. The van der Waals surface area contributed by atoms with Crippen LogP contribution in [0.15, 0.2) is 54.6 Å². The first-order valence-corrected chi connectivity index (χ1v) is 8.40. The van der Waals surface area contributed by atoms with Crippen LogP contribution in [0.4, 0.5) is 5.69 Å². The van der Waals surface area contributed by atoms with Gasteiger partial charge < -0.3 is 15.3 Å². The molecule has 0 radical (unpaired) electrons. The fourth-order valence-electron chi connectivity index (χ4n) is 3.34. The molecular weight excluding hydrogens is 332 g/mol. The molecule has 1 aliphatic heterocycles. The van der Waals surface area contributed by atoms with Crippen LogP contribution in [0.5, 0.6) is 0 Å². The summed E-state index contributed by atoms with van der Waals surface area (Å²) in [5.41, 5.74) is 2.01. The van der Waals surface area contributed by atoms with Gasteiger partial charge >= 0.3 is 5.97 Å². The van der Waals surface area contributed by atoms with Crippen LogP contribution in [0.1, 0.15) is 28.8 Å². The van der Waals surface area contributed by atoms with Gasteiger partial charge in [0.25, 0.3) is 5.91 Å². The largest absolute Gasteiger partial charge is 0.481 e. The normalized spacial score (nSPS) is 19.2. The maximum absolute atomic E-state index is 12.8. The number of aliphatic carboxylic acids is 1. The molecule has 1 fully saturated rings. The summed E-state index contributed by atoms with van der Waals surface area (Å²) in [5.74, 6) is -2.13. The summed E-state index contributed by atoms with van der Waals surface area (Å²) >= 11 is 0. The Morgan fingerprint density at radius 2 is 1.65 bits per heavy atom. The van der Waals surface area contributed by atoms with Crippen molar-refractivity contribution >= 4 is 23.5 Å². The Morgan fingerprint density at radius 3 is 2.23 bits per heavy atom. The highest BCUT2D eigenvalue weighted by Gasteiger charge is 2.40. The zero-order chi connectivity index (χ0) is 18.7. The van der Waals surface area contributed by atoms with Gasteiger partial charge in [0.1, 0.15) is 0 Å². The number of hydrogen-bond acceptors (Lipinski definition) is 3. The first-order valence-electron chi connectivity index (χ1n) is 8.40. The lowest BCUT2D eigenvalue weighted by Gasteiger charge is -2.17. The highest BCUT2D eigenvalue weighted by atomic mass is 16.4. The van der Waals surface area contributed by atoms with Crippen molar-refractivity contribution in [2.75, 3.05) is 18.4 Å². The number of carboxylic acid groups (broad SMARTS) is 1. The molecular formula is C20H20N2O4. The van der Waals surface area contributed by atoms with Gasteiger partial charge in [0.2, 0.25) is 5.91 Å². The Balaban J connectivity index is 1.78. The van der Waals surface area contributed by atoms with Gasteiger partial charge in [-0.2, -0.15) is 0 Å². The van der Waals surface area contributed by atoms with Crippen LogP contribution < -0.4 is 5.32 Å². The van der Waals surface area contributed by atoms with Crippen molar-refractivity contribution in [2.24, 2.45) is 5.92 Å². The molecule has 2 aromatic carbocycles. The quantitative estimate of drug-likeness (QED) is 0.885. The first kappa shape index (κ1) is 17.7. The molecule has 1 saturated heterocycles. The van der Waals surface area contributed by atoms with E-state index in [1.807, 2.05) is 30.3 Å². The third-order valence-electron chi connectivity index (χ3n) is 4.60. The van der Waals surface area contributed by atoms with Crippen molar-refractivity contribution < 1.29 is 19.5 Å². The summed E-state index contributed by atoms with van der Waals surface area (Å²) in [6.07, 6.45) is 0. The Hall–Kier alpha value is -3.15. The van der Waals surface area contributed by atoms with Crippen molar-refractivity contribution in [3.63, 3.8) is 0 Å².